The van der Waals surface area contributed by atoms with Crippen LogP contribution in [0.2, 0.25) is 0 Å². The Morgan fingerprint density at radius 2 is 2.12 bits per heavy atom. The highest BCUT2D eigenvalue weighted by Crippen LogP contribution is 2.23. The van der Waals surface area contributed by atoms with Crippen LogP contribution in [0.1, 0.15) is 41.0 Å². The van der Waals surface area contributed by atoms with Gasteiger partial charge in [0.15, 0.2) is 0 Å². The van der Waals surface area contributed by atoms with Crippen LogP contribution in [-0.2, 0) is 0 Å². The lowest BCUT2D eigenvalue weighted by atomic mass is 9.86. The molecule has 0 aliphatic carbocycles. The van der Waals surface area contributed by atoms with Crippen molar-refractivity contribution in [3.63, 3.8) is 0 Å². The summed E-state index contributed by atoms with van der Waals surface area (Å²) in [5, 5.41) is 3.68. The first kappa shape index (κ1) is 15.0. The van der Waals surface area contributed by atoms with Crippen molar-refractivity contribution < 1.29 is 0 Å². The molecule has 100 valence electrons. The normalized spacial score (nSPS) is 29.2. The van der Waals surface area contributed by atoms with E-state index in [-0.39, 0.29) is 0 Å². The summed E-state index contributed by atoms with van der Waals surface area (Å²) < 4.78 is 0. The Labute approximate surface area is 111 Å². The van der Waals surface area contributed by atoms with Gasteiger partial charge in [0.05, 0.1) is 0 Å². The molecule has 0 bridgehead atoms. The van der Waals surface area contributed by atoms with Gasteiger partial charge in [-0.3, -0.25) is 4.90 Å². The number of halogens is 1. The van der Waals surface area contributed by atoms with Gasteiger partial charge in [0.2, 0.25) is 0 Å². The molecule has 1 heterocycles. The molecule has 2 unspecified atom stereocenters. The summed E-state index contributed by atoms with van der Waals surface area (Å²) in [4.78, 5) is 2.55. The molecule has 2 nitrogen and oxygen atoms in total. The summed E-state index contributed by atoms with van der Waals surface area (Å²) in [6.07, 6.45) is 1.21. The minimum atomic E-state index is 0.306. The van der Waals surface area contributed by atoms with E-state index in [0.717, 1.165) is 19.6 Å². The van der Waals surface area contributed by atoms with Crippen LogP contribution in [0.25, 0.3) is 0 Å². The van der Waals surface area contributed by atoms with Crippen molar-refractivity contribution in [1.29, 1.82) is 0 Å². The molecular weight excluding hydrogens is 232 g/mol. The van der Waals surface area contributed by atoms with Gasteiger partial charge in [-0.15, -0.1) is 0 Å². The maximum atomic E-state index is 5.78. The van der Waals surface area contributed by atoms with Gasteiger partial charge in [-0.2, -0.15) is 0 Å². The molecule has 0 aromatic heterocycles. The fraction of sp³-hybridized carbons (Fsp3) is 0.857. The first-order chi connectivity index (χ1) is 7.84. The number of rotatable bonds is 2. The second-order valence-electron chi connectivity index (χ2n) is 6.40. The molecular formula is C14H27ClN2. The summed E-state index contributed by atoms with van der Waals surface area (Å²) >= 11 is 5.78. The molecule has 0 amide bonds. The summed E-state index contributed by atoms with van der Waals surface area (Å²) in [6.45, 7) is 14.5. The Bertz CT molecular complexity index is 268. The average molecular weight is 259 g/mol. The first-order valence-electron chi connectivity index (χ1n) is 6.58. The number of nitrogens with one attached hydrogen (secondary N) is 1. The van der Waals surface area contributed by atoms with Crippen molar-refractivity contribution in [2.45, 2.75) is 53.1 Å². The SMILES string of the molecule is CC(=CCl)CN1CC(C(C)(C)C)NCCC1C. The molecule has 0 aromatic rings. The fourth-order valence-electron chi connectivity index (χ4n) is 2.28. The molecule has 1 aliphatic rings. The number of hydrogen-bond donors (Lipinski definition) is 1. The van der Waals surface area contributed by atoms with Crippen LogP contribution >= 0.6 is 11.6 Å². The Kier molecular flexibility index (Phi) is 5.49. The van der Waals surface area contributed by atoms with Gasteiger partial charge in [0, 0.05) is 30.7 Å². The highest BCUT2D eigenvalue weighted by atomic mass is 35.5. The highest BCUT2D eigenvalue weighted by molar-refractivity contribution is 6.25. The number of nitrogens with zero attached hydrogens (tertiary/aromatic N) is 1. The molecule has 2 atom stereocenters. The zero-order valence-electron chi connectivity index (χ0n) is 11.9. The van der Waals surface area contributed by atoms with Crippen LogP contribution in [-0.4, -0.2) is 36.6 Å². The standard InChI is InChI=1S/C14H27ClN2/c1-11(8-15)9-17-10-13(14(3,4)5)16-7-6-12(17)2/h8,12-13,16H,6-7,9-10H2,1-5H3. The molecule has 3 heteroatoms. The lowest BCUT2D eigenvalue weighted by Crippen LogP contribution is -2.47. The third-order valence-corrected chi connectivity index (χ3v) is 4.05. The van der Waals surface area contributed by atoms with Gasteiger partial charge >= 0.3 is 0 Å². The largest absolute Gasteiger partial charge is 0.312 e. The second-order valence-corrected chi connectivity index (χ2v) is 6.61. The quantitative estimate of drug-likeness (QED) is 0.818. The highest BCUT2D eigenvalue weighted by Gasteiger charge is 2.30. The van der Waals surface area contributed by atoms with E-state index in [2.05, 4.69) is 44.8 Å². The van der Waals surface area contributed by atoms with E-state index >= 15 is 0 Å². The minimum absolute atomic E-state index is 0.306. The van der Waals surface area contributed by atoms with Crippen LogP contribution in [0, 0.1) is 5.41 Å². The third kappa shape index (κ3) is 4.61. The van der Waals surface area contributed by atoms with Crippen molar-refractivity contribution in [1.82, 2.24) is 10.2 Å². The van der Waals surface area contributed by atoms with Crippen molar-refractivity contribution >= 4 is 11.6 Å². The van der Waals surface area contributed by atoms with E-state index in [4.69, 9.17) is 11.6 Å². The molecule has 1 saturated heterocycles. The summed E-state index contributed by atoms with van der Waals surface area (Å²) in [7, 11) is 0. The minimum Gasteiger partial charge on any atom is -0.312 e. The second kappa shape index (κ2) is 6.21. The van der Waals surface area contributed by atoms with Gasteiger partial charge in [-0.1, -0.05) is 32.4 Å². The van der Waals surface area contributed by atoms with Crippen LogP contribution in [0.3, 0.4) is 0 Å². The van der Waals surface area contributed by atoms with Crippen molar-refractivity contribution in [2.24, 2.45) is 5.41 Å². The lowest BCUT2D eigenvalue weighted by molar-refractivity contribution is 0.175. The first-order valence-corrected chi connectivity index (χ1v) is 7.01. The average Bonchev–Trinajstić information content (AvgIpc) is 2.41. The van der Waals surface area contributed by atoms with Crippen LogP contribution in [0.4, 0.5) is 0 Å². The van der Waals surface area contributed by atoms with Gasteiger partial charge in [-0.05, 0) is 37.8 Å². The maximum absolute atomic E-state index is 5.78. The van der Waals surface area contributed by atoms with Crippen molar-refractivity contribution in [2.75, 3.05) is 19.6 Å². The molecule has 0 spiro atoms. The van der Waals surface area contributed by atoms with Gasteiger partial charge in [0.25, 0.3) is 0 Å². The van der Waals surface area contributed by atoms with Gasteiger partial charge < -0.3 is 5.32 Å². The van der Waals surface area contributed by atoms with E-state index in [0.29, 0.717) is 17.5 Å². The van der Waals surface area contributed by atoms with E-state index in [1.807, 2.05) is 0 Å². The number of hydrogen-bond acceptors (Lipinski definition) is 2. The van der Waals surface area contributed by atoms with Crippen molar-refractivity contribution in [3.05, 3.63) is 11.1 Å². The molecule has 1 fully saturated rings. The Morgan fingerprint density at radius 3 is 2.65 bits per heavy atom. The molecule has 1 aliphatic heterocycles. The molecule has 0 radical (unpaired) electrons. The summed E-state index contributed by atoms with van der Waals surface area (Å²) in [6, 6.07) is 1.18. The Morgan fingerprint density at radius 1 is 1.47 bits per heavy atom. The molecule has 1 N–H and O–H groups in total. The van der Waals surface area contributed by atoms with E-state index < -0.39 is 0 Å². The van der Waals surface area contributed by atoms with E-state index in [1.165, 1.54) is 12.0 Å². The van der Waals surface area contributed by atoms with Gasteiger partial charge in [0.1, 0.15) is 0 Å². The van der Waals surface area contributed by atoms with Crippen LogP contribution in [0.15, 0.2) is 11.1 Å². The lowest BCUT2D eigenvalue weighted by Gasteiger charge is -2.35. The summed E-state index contributed by atoms with van der Waals surface area (Å²) in [5.41, 5.74) is 3.26. The topological polar surface area (TPSA) is 15.3 Å². The van der Waals surface area contributed by atoms with E-state index in [1.54, 1.807) is 5.54 Å². The predicted octanol–water partition coefficient (Wildman–Crippen LogP) is 3.23. The Hall–Kier alpha value is -0.0500. The van der Waals surface area contributed by atoms with Crippen LogP contribution < -0.4 is 5.32 Å². The Balaban J connectivity index is 2.72. The van der Waals surface area contributed by atoms with Crippen LogP contribution in [0.5, 0.6) is 0 Å². The molecule has 0 saturated carbocycles. The van der Waals surface area contributed by atoms with Gasteiger partial charge in [-0.25, -0.2) is 0 Å². The monoisotopic (exact) mass is 258 g/mol. The fourth-order valence-corrected chi connectivity index (χ4v) is 2.35. The van der Waals surface area contributed by atoms with Crippen molar-refractivity contribution in [3.8, 4) is 0 Å². The zero-order valence-corrected chi connectivity index (χ0v) is 12.6. The summed E-state index contributed by atoms with van der Waals surface area (Å²) in [5.74, 6) is 0. The maximum Gasteiger partial charge on any atom is 0.0243 e. The smallest absolute Gasteiger partial charge is 0.0243 e. The third-order valence-electron chi connectivity index (χ3n) is 3.68. The van der Waals surface area contributed by atoms with E-state index in [9.17, 15) is 0 Å². The zero-order chi connectivity index (χ0) is 13.1. The molecule has 0 aromatic carbocycles. The predicted molar refractivity (Wildman–Crippen MR) is 76.5 cm³/mol. The molecule has 1 rings (SSSR count). The molecule has 17 heavy (non-hydrogen) atoms.